The van der Waals surface area contributed by atoms with E-state index in [2.05, 4.69) is 31.3 Å². The van der Waals surface area contributed by atoms with Gasteiger partial charge in [0, 0.05) is 11.6 Å². The molecule has 0 spiro atoms. The molecule has 0 saturated carbocycles. The SMILES string of the molecule is COC(CNC(=O)Nc1ccc(F)cc1Br)C(=O)O. The number of carboxylic acids is 1. The van der Waals surface area contributed by atoms with Crippen LogP contribution in [0, 0.1) is 5.82 Å². The number of nitrogens with one attached hydrogen (secondary N) is 2. The summed E-state index contributed by atoms with van der Waals surface area (Å²) in [6.07, 6.45) is -1.12. The molecule has 0 aliphatic carbocycles. The van der Waals surface area contributed by atoms with Gasteiger partial charge in [-0.05, 0) is 34.1 Å². The van der Waals surface area contributed by atoms with Crippen molar-refractivity contribution in [1.82, 2.24) is 5.32 Å². The molecule has 19 heavy (non-hydrogen) atoms. The van der Waals surface area contributed by atoms with Crippen molar-refractivity contribution < 1.29 is 23.8 Å². The Morgan fingerprint density at radius 2 is 2.21 bits per heavy atom. The van der Waals surface area contributed by atoms with Gasteiger partial charge < -0.3 is 20.5 Å². The molecule has 0 saturated heterocycles. The first-order valence-electron chi connectivity index (χ1n) is 5.19. The van der Waals surface area contributed by atoms with E-state index in [1.165, 1.54) is 25.3 Å². The molecule has 1 atom stereocenters. The van der Waals surface area contributed by atoms with Crippen LogP contribution in [0.4, 0.5) is 14.9 Å². The van der Waals surface area contributed by atoms with E-state index in [0.29, 0.717) is 10.2 Å². The van der Waals surface area contributed by atoms with Gasteiger partial charge in [0.25, 0.3) is 0 Å². The van der Waals surface area contributed by atoms with Crippen LogP contribution in [0.1, 0.15) is 0 Å². The quantitative estimate of drug-likeness (QED) is 0.766. The number of hydrogen-bond donors (Lipinski definition) is 3. The third kappa shape index (κ3) is 4.84. The molecule has 0 heterocycles. The number of methoxy groups -OCH3 is 1. The molecule has 1 aromatic rings. The lowest BCUT2D eigenvalue weighted by Crippen LogP contribution is -2.39. The Kier molecular flexibility index (Phi) is 5.71. The standard InChI is InChI=1S/C11H12BrFN2O4/c1-19-9(10(16)17)5-14-11(18)15-8-3-2-6(13)4-7(8)12/h2-4,9H,5H2,1H3,(H,16,17)(H2,14,15,18). The summed E-state index contributed by atoms with van der Waals surface area (Å²) in [7, 11) is 1.23. The van der Waals surface area contributed by atoms with Gasteiger partial charge in [-0.3, -0.25) is 0 Å². The molecule has 0 aliphatic rings. The number of halogens is 2. The van der Waals surface area contributed by atoms with E-state index in [4.69, 9.17) is 5.11 Å². The summed E-state index contributed by atoms with van der Waals surface area (Å²) in [5, 5.41) is 13.5. The van der Waals surface area contributed by atoms with Crippen LogP contribution in [0.3, 0.4) is 0 Å². The number of amides is 2. The first kappa shape index (κ1) is 15.4. The number of anilines is 1. The molecule has 3 N–H and O–H groups in total. The second kappa shape index (κ2) is 7.05. The lowest BCUT2D eigenvalue weighted by Gasteiger charge is -2.13. The summed E-state index contributed by atoms with van der Waals surface area (Å²) in [4.78, 5) is 22.2. The third-order valence-corrected chi connectivity index (χ3v) is 2.84. The van der Waals surface area contributed by atoms with Gasteiger partial charge in [0.05, 0.1) is 12.2 Å². The molecule has 0 aliphatic heterocycles. The minimum absolute atomic E-state index is 0.184. The molecule has 1 unspecified atom stereocenters. The van der Waals surface area contributed by atoms with Gasteiger partial charge in [-0.2, -0.15) is 0 Å². The van der Waals surface area contributed by atoms with E-state index < -0.39 is 23.9 Å². The minimum Gasteiger partial charge on any atom is -0.479 e. The molecule has 0 radical (unpaired) electrons. The van der Waals surface area contributed by atoms with Crippen LogP contribution in [-0.4, -0.2) is 36.9 Å². The molecule has 8 heteroatoms. The van der Waals surface area contributed by atoms with Crippen LogP contribution in [-0.2, 0) is 9.53 Å². The first-order valence-corrected chi connectivity index (χ1v) is 5.99. The molecule has 2 amide bonds. The lowest BCUT2D eigenvalue weighted by molar-refractivity contribution is -0.147. The summed E-state index contributed by atoms with van der Waals surface area (Å²) in [5.41, 5.74) is 0.364. The van der Waals surface area contributed by atoms with Gasteiger partial charge in [0.15, 0.2) is 6.10 Å². The number of hydrogen-bond acceptors (Lipinski definition) is 3. The molecule has 6 nitrogen and oxygen atoms in total. The Labute approximate surface area is 117 Å². The summed E-state index contributed by atoms with van der Waals surface area (Å²) in [6, 6.07) is 3.15. The second-order valence-electron chi connectivity index (χ2n) is 3.52. The van der Waals surface area contributed by atoms with Crippen molar-refractivity contribution in [2.24, 2.45) is 0 Å². The molecule has 1 aromatic carbocycles. The van der Waals surface area contributed by atoms with Crippen LogP contribution in [0.5, 0.6) is 0 Å². The van der Waals surface area contributed by atoms with Crippen molar-refractivity contribution in [3.63, 3.8) is 0 Å². The number of carbonyl (C=O) groups excluding carboxylic acids is 1. The van der Waals surface area contributed by atoms with Crippen molar-refractivity contribution in [3.05, 3.63) is 28.5 Å². The summed E-state index contributed by atoms with van der Waals surface area (Å²) >= 11 is 3.09. The smallest absolute Gasteiger partial charge is 0.334 e. The van der Waals surface area contributed by atoms with E-state index in [9.17, 15) is 14.0 Å². The number of benzene rings is 1. The Morgan fingerprint density at radius 1 is 1.53 bits per heavy atom. The molecular weight excluding hydrogens is 323 g/mol. The van der Waals surface area contributed by atoms with E-state index in [0.717, 1.165) is 0 Å². The maximum absolute atomic E-state index is 12.8. The van der Waals surface area contributed by atoms with E-state index in [-0.39, 0.29) is 6.54 Å². The molecular formula is C11H12BrFN2O4. The summed E-state index contributed by atoms with van der Waals surface area (Å²) in [5.74, 6) is -1.62. The predicted molar refractivity (Wildman–Crippen MR) is 69.6 cm³/mol. The van der Waals surface area contributed by atoms with Gasteiger partial charge in [0.1, 0.15) is 5.82 Å². The molecule has 0 bridgehead atoms. The highest BCUT2D eigenvalue weighted by molar-refractivity contribution is 9.10. The highest BCUT2D eigenvalue weighted by Crippen LogP contribution is 2.22. The van der Waals surface area contributed by atoms with Gasteiger partial charge in [-0.1, -0.05) is 0 Å². The number of carboxylic acid groups (broad SMARTS) is 1. The number of rotatable bonds is 5. The topological polar surface area (TPSA) is 87.7 Å². The highest BCUT2D eigenvalue weighted by atomic mass is 79.9. The van der Waals surface area contributed by atoms with Crippen LogP contribution >= 0.6 is 15.9 Å². The van der Waals surface area contributed by atoms with Crippen molar-refractivity contribution in [1.29, 1.82) is 0 Å². The summed E-state index contributed by atoms with van der Waals surface area (Å²) in [6.45, 7) is -0.184. The lowest BCUT2D eigenvalue weighted by atomic mass is 10.3. The van der Waals surface area contributed by atoms with Gasteiger partial charge in [-0.15, -0.1) is 0 Å². The highest BCUT2D eigenvalue weighted by Gasteiger charge is 2.17. The minimum atomic E-state index is -1.18. The van der Waals surface area contributed by atoms with E-state index in [1.54, 1.807) is 0 Å². The largest absolute Gasteiger partial charge is 0.479 e. The van der Waals surface area contributed by atoms with Gasteiger partial charge in [0.2, 0.25) is 0 Å². The Bertz CT molecular complexity index is 484. The average molecular weight is 335 g/mol. The number of aliphatic carboxylic acids is 1. The van der Waals surface area contributed by atoms with Crippen molar-refractivity contribution >= 4 is 33.6 Å². The molecule has 0 aromatic heterocycles. The maximum Gasteiger partial charge on any atom is 0.334 e. The Hall–Kier alpha value is -1.67. The van der Waals surface area contributed by atoms with Gasteiger partial charge in [-0.25, -0.2) is 14.0 Å². The maximum atomic E-state index is 12.8. The number of carbonyl (C=O) groups is 2. The monoisotopic (exact) mass is 334 g/mol. The van der Waals surface area contributed by atoms with Crippen LogP contribution < -0.4 is 10.6 Å². The second-order valence-corrected chi connectivity index (χ2v) is 4.38. The van der Waals surface area contributed by atoms with Gasteiger partial charge >= 0.3 is 12.0 Å². The Balaban J connectivity index is 2.53. The zero-order chi connectivity index (χ0) is 14.4. The fourth-order valence-corrected chi connectivity index (χ4v) is 1.66. The summed E-state index contributed by atoms with van der Waals surface area (Å²) < 4.78 is 17.9. The normalized spacial score (nSPS) is 11.7. The number of ether oxygens (including phenoxy) is 1. The number of urea groups is 1. The average Bonchev–Trinajstić information content (AvgIpc) is 2.33. The van der Waals surface area contributed by atoms with Crippen molar-refractivity contribution in [2.75, 3.05) is 19.0 Å². The molecule has 104 valence electrons. The van der Waals surface area contributed by atoms with Crippen molar-refractivity contribution in [3.8, 4) is 0 Å². The van der Waals surface area contributed by atoms with Crippen molar-refractivity contribution in [2.45, 2.75) is 6.10 Å². The fraction of sp³-hybridized carbons (Fsp3) is 0.273. The molecule has 1 rings (SSSR count). The Morgan fingerprint density at radius 3 is 2.74 bits per heavy atom. The third-order valence-electron chi connectivity index (χ3n) is 2.19. The molecule has 0 fully saturated rings. The zero-order valence-electron chi connectivity index (χ0n) is 9.94. The van der Waals surface area contributed by atoms with Crippen LogP contribution in [0.25, 0.3) is 0 Å². The predicted octanol–water partition coefficient (Wildman–Crippen LogP) is 1.81. The fourth-order valence-electron chi connectivity index (χ4n) is 1.21. The van der Waals surface area contributed by atoms with E-state index >= 15 is 0 Å². The van der Waals surface area contributed by atoms with E-state index in [1.807, 2.05) is 0 Å². The first-order chi connectivity index (χ1) is 8.93. The van der Waals surface area contributed by atoms with Crippen LogP contribution in [0.2, 0.25) is 0 Å². The van der Waals surface area contributed by atoms with Crippen LogP contribution in [0.15, 0.2) is 22.7 Å². The zero-order valence-corrected chi connectivity index (χ0v) is 11.5.